The van der Waals surface area contributed by atoms with Gasteiger partial charge in [-0.2, -0.15) is 13.2 Å². The number of thiophene rings is 1. The van der Waals surface area contributed by atoms with Crippen LogP contribution in [0.15, 0.2) is 36.4 Å². The zero-order valence-electron chi connectivity index (χ0n) is 23.5. The average Bonchev–Trinajstić information content (AvgIpc) is 3.54. The highest BCUT2D eigenvalue weighted by molar-refractivity contribution is 7.13. The van der Waals surface area contributed by atoms with E-state index in [2.05, 4.69) is 4.90 Å². The number of aliphatic hydroxyl groups is 3. The Kier molecular flexibility index (Phi) is 12.1. The Morgan fingerprint density at radius 1 is 1.10 bits per heavy atom. The van der Waals surface area contributed by atoms with Gasteiger partial charge in [0.05, 0.1) is 37.1 Å². The lowest BCUT2D eigenvalue weighted by molar-refractivity contribution is -0.137. The predicted octanol–water partition coefficient (Wildman–Crippen LogP) is 4.16. The van der Waals surface area contributed by atoms with Crippen molar-refractivity contribution in [2.45, 2.75) is 63.0 Å². The van der Waals surface area contributed by atoms with Crippen molar-refractivity contribution >= 4 is 17.3 Å². The molecule has 2 fully saturated rings. The smallest absolute Gasteiger partial charge is 0.416 e. The second-order valence-corrected chi connectivity index (χ2v) is 12.2. The number of nitrogens with zero attached hydrogens (tertiary/aromatic N) is 1. The number of esters is 1. The van der Waals surface area contributed by atoms with Crippen molar-refractivity contribution in [1.29, 1.82) is 0 Å². The molecule has 1 saturated heterocycles. The van der Waals surface area contributed by atoms with Gasteiger partial charge in [0.25, 0.3) is 0 Å². The lowest BCUT2D eigenvalue weighted by Crippen LogP contribution is -2.38. The van der Waals surface area contributed by atoms with Gasteiger partial charge in [-0.15, -0.1) is 11.3 Å². The van der Waals surface area contributed by atoms with Crippen LogP contribution in [0.5, 0.6) is 5.75 Å². The van der Waals surface area contributed by atoms with Crippen molar-refractivity contribution in [1.82, 2.24) is 4.90 Å². The van der Waals surface area contributed by atoms with E-state index in [1.54, 1.807) is 6.07 Å². The number of hydrogen-bond donors (Lipinski definition) is 3. The summed E-state index contributed by atoms with van der Waals surface area (Å²) in [6.45, 7) is 3.92. The van der Waals surface area contributed by atoms with Crippen LogP contribution in [0.1, 0.15) is 52.2 Å². The van der Waals surface area contributed by atoms with Crippen molar-refractivity contribution in [2.24, 2.45) is 11.8 Å². The molecule has 42 heavy (non-hydrogen) atoms. The van der Waals surface area contributed by atoms with E-state index >= 15 is 0 Å². The van der Waals surface area contributed by atoms with Gasteiger partial charge in [0.2, 0.25) is 0 Å². The van der Waals surface area contributed by atoms with Crippen LogP contribution in [0.25, 0.3) is 0 Å². The molecule has 1 saturated carbocycles. The summed E-state index contributed by atoms with van der Waals surface area (Å²) in [7, 11) is 0. The summed E-state index contributed by atoms with van der Waals surface area (Å²) in [5.41, 5.74) is -0.821. The van der Waals surface area contributed by atoms with Gasteiger partial charge >= 0.3 is 12.1 Å². The summed E-state index contributed by atoms with van der Waals surface area (Å²) in [4.78, 5) is 16.2. The van der Waals surface area contributed by atoms with Crippen LogP contribution in [0, 0.1) is 11.8 Å². The van der Waals surface area contributed by atoms with Crippen molar-refractivity contribution in [3.8, 4) is 5.75 Å². The van der Waals surface area contributed by atoms with Gasteiger partial charge in [-0.3, -0.25) is 4.90 Å². The Labute approximate surface area is 248 Å². The fourth-order valence-electron chi connectivity index (χ4n) is 5.70. The Morgan fingerprint density at radius 3 is 2.57 bits per heavy atom. The van der Waals surface area contributed by atoms with Crippen molar-refractivity contribution < 1.29 is 47.5 Å². The molecule has 0 spiro atoms. The molecule has 4 rings (SSSR count). The predicted molar refractivity (Wildman–Crippen MR) is 151 cm³/mol. The number of rotatable bonds is 14. The molecule has 1 aliphatic heterocycles. The van der Waals surface area contributed by atoms with Gasteiger partial charge in [0.15, 0.2) is 0 Å². The average molecular weight is 616 g/mol. The number of morpholine rings is 1. The minimum Gasteiger partial charge on any atom is -0.491 e. The lowest BCUT2D eigenvalue weighted by atomic mass is 9.85. The Bertz CT molecular complexity index is 1120. The molecule has 8 nitrogen and oxygen atoms in total. The van der Waals surface area contributed by atoms with E-state index in [9.17, 15) is 33.3 Å². The number of ether oxygens (including phenoxy) is 3. The molecule has 1 aliphatic carbocycles. The van der Waals surface area contributed by atoms with Crippen LogP contribution in [0.2, 0.25) is 0 Å². The van der Waals surface area contributed by atoms with E-state index in [0.29, 0.717) is 44.1 Å². The van der Waals surface area contributed by atoms with Gasteiger partial charge in [-0.05, 0) is 80.7 Å². The van der Waals surface area contributed by atoms with Crippen LogP contribution in [0.3, 0.4) is 0 Å². The van der Waals surface area contributed by atoms with E-state index in [-0.39, 0.29) is 43.0 Å². The van der Waals surface area contributed by atoms with Crippen LogP contribution >= 0.6 is 11.3 Å². The highest BCUT2D eigenvalue weighted by Gasteiger charge is 2.41. The summed E-state index contributed by atoms with van der Waals surface area (Å²) in [6, 6.07) is 8.20. The molecule has 2 aliphatic rings. The van der Waals surface area contributed by atoms with E-state index in [0.717, 1.165) is 42.9 Å². The molecule has 2 heterocycles. The second kappa shape index (κ2) is 15.5. The monoisotopic (exact) mass is 615 g/mol. The number of aryl methyl sites for hydroxylation is 1. The van der Waals surface area contributed by atoms with Gasteiger partial charge in [0, 0.05) is 24.5 Å². The van der Waals surface area contributed by atoms with E-state index in [1.807, 2.05) is 6.07 Å². The molecule has 234 valence electrons. The zero-order valence-corrected chi connectivity index (χ0v) is 24.3. The quantitative estimate of drug-likeness (QED) is 0.272. The van der Waals surface area contributed by atoms with E-state index in [1.165, 1.54) is 23.5 Å². The van der Waals surface area contributed by atoms with E-state index in [4.69, 9.17) is 14.2 Å². The van der Waals surface area contributed by atoms with Crippen molar-refractivity contribution in [3.63, 3.8) is 0 Å². The first-order valence-electron chi connectivity index (χ1n) is 14.5. The Balaban J connectivity index is 1.17. The molecule has 1 aromatic carbocycles. The van der Waals surface area contributed by atoms with Gasteiger partial charge in [0.1, 0.15) is 23.8 Å². The summed E-state index contributed by atoms with van der Waals surface area (Å²) in [5.74, 6) is -0.648. The van der Waals surface area contributed by atoms with Crippen LogP contribution in [-0.2, 0) is 22.1 Å². The molecular formula is C30H40F3NO7S. The SMILES string of the molecule is O=C(OCCN1CCOCC1)c1ccc(CCC[C@@H]2[C@@H](CC[C@@H](O)COc3cccc(C(F)(F)F)c3)[C@H](O)C[C@@H]2O)s1. The van der Waals surface area contributed by atoms with Gasteiger partial charge in [-0.1, -0.05) is 6.07 Å². The van der Waals surface area contributed by atoms with Crippen LogP contribution in [0.4, 0.5) is 13.2 Å². The number of alkyl halides is 3. The van der Waals surface area contributed by atoms with Gasteiger partial charge in [-0.25, -0.2) is 4.79 Å². The fraction of sp³-hybridized carbons (Fsp3) is 0.633. The Morgan fingerprint density at radius 2 is 1.83 bits per heavy atom. The molecule has 0 radical (unpaired) electrons. The molecule has 2 aromatic rings. The number of carbonyl (C=O) groups excluding carboxylic acids is 1. The molecule has 12 heteroatoms. The first kappa shape index (κ1) is 32.7. The first-order chi connectivity index (χ1) is 20.1. The summed E-state index contributed by atoms with van der Waals surface area (Å²) >= 11 is 1.40. The molecule has 0 bridgehead atoms. The zero-order chi connectivity index (χ0) is 30.1. The lowest BCUT2D eigenvalue weighted by Gasteiger charge is -2.26. The normalized spacial score (nSPS) is 24.0. The maximum absolute atomic E-state index is 12.9. The standard InChI is InChI=1S/C30H40F3NO7S/c31-30(32,33)20-3-1-4-22(17-20)41-19-21(35)7-9-25-24(26(36)18-27(25)37)6-2-5-23-8-10-28(42-23)29(38)40-16-13-34-11-14-39-15-12-34/h1,3-4,8,10,17,21,24-27,35-37H,2,5-7,9,11-16,18-19H2/t21-,24-,25-,26+,27-/m1/s1. The number of benzene rings is 1. The third kappa shape index (κ3) is 9.65. The van der Waals surface area contributed by atoms with Gasteiger partial charge < -0.3 is 29.5 Å². The van der Waals surface area contributed by atoms with Crippen molar-refractivity contribution in [3.05, 3.63) is 51.7 Å². The third-order valence-corrected chi connectivity index (χ3v) is 9.15. The number of aliphatic hydroxyl groups excluding tert-OH is 3. The molecule has 0 amide bonds. The number of hydrogen-bond acceptors (Lipinski definition) is 9. The summed E-state index contributed by atoms with van der Waals surface area (Å²) in [6.07, 6.45) is -3.57. The largest absolute Gasteiger partial charge is 0.491 e. The molecule has 3 N–H and O–H groups in total. The topological polar surface area (TPSA) is 109 Å². The van der Waals surface area contributed by atoms with Crippen LogP contribution in [-0.4, -0.2) is 90.6 Å². The summed E-state index contributed by atoms with van der Waals surface area (Å²) < 4.78 is 54.8. The fourth-order valence-corrected chi connectivity index (χ4v) is 6.64. The van der Waals surface area contributed by atoms with E-state index < -0.39 is 30.1 Å². The third-order valence-electron chi connectivity index (χ3n) is 8.03. The molecular weight excluding hydrogens is 575 g/mol. The van der Waals surface area contributed by atoms with Crippen molar-refractivity contribution in [2.75, 3.05) is 46.1 Å². The summed E-state index contributed by atoms with van der Waals surface area (Å²) in [5, 5.41) is 31.5. The highest BCUT2D eigenvalue weighted by atomic mass is 32.1. The second-order valence-electron chi connectivity index (χ2n) is 11.0. The van der Waals surface area contributed by atoms with Crippen LogP contribution < -0.4 is 4.74 Å². The first-order valence-corrected chi connectivity index (χ1v) is 15.3. The minimum absolute atomic E-state index is 0.0241. The maximum atomic E-state index is 12.9. The molecule has 0 unspecified atom stereocenters. The molecule has 5 atom stereocenters. The number of carbonyl (C=O) groups is 1. The number of halogens is 3. The molecule has 1 aromatic heterocycles. The highest BCUT2D eigenvalue weighted by Crippen LogP contribution is 2.39. The minimum atomic E-state index is -4.48. The Hall–Kier alpha value is -2.22. The maximum Gasteiger partial charge on any atom is 0.416 e.